The summed E-state index contributed by atoms with van der Waals surface area (Å²) >= 11 is 0. The molecule has 4 nitrogen and oxygen atoms in total. The second-order valence-electron chi connectivity index (χ2n) is 3.58. The van der Waals surface area contributed by atoms with Gasteiger partial charge >= 0.3 is 6.18 Å². The summed E-state index contributed by atoms with van der Waals surface area (Å²) in [7, 11) is 0. The smallest absolute Gasteiger partial charge is 0.311 e. The molecule has 2 N–H and O–H groups in total. The van der Waals surface area contributed by atoms with Gasteiger partial charge in [-0.05, 0) is 6.54 Å². The lowest BCUT2D eigenvalue weighted by atomic mass is 10.3. The van der Waals surface area contributed by atoms with E-state index in [1.807, 2.05) is 6.92 Å². The number of hydrogen-bond acceptors (Lipinski definition) is 3. The topological polar surface area (TPSA) is 57.8 Å². The normalized spacial score (nSPS) is 11.8. The van der Waals surface area contributed by atoms with Gasteiger partial charge in [-0.25, -0.2) is 4.98 Å². The molecule has 0 aliphatic rings. The van der Waals surface area contributed by atoms with Crippen molar-refractivity contribution in [3.05, 3.63) is 27.9 Å². The molecule has 96 valence electrons. The molecule has 0 aromatic carbocycles. The SMILES string of the molecule is CCNCc1cc(=O)[nH]c(CCC(F)(F)F)n1. The molecule has 0 bridgehead atoms. The molecule has 0 aliphatic carbocycles. The van der Waals surface area contributed by atoms with Crippen LogP contribution in [0.2, 0.25) is 0 Å². The van der Waals surface area contributed by atoms with Gasteiger partial charge in [-0.2, -0.15) is 13.2 Å². The second-order valence-corrected chi connectivity index (χ2v) is 3.58. The van der Waals surface area contributed by atoms with Gasteiger partial charge in [0, 0.05) is 19.0 Å². The number of nitrogens with one attached hydrogen (secondary N) is 2. The molecule has 0 saturated heterocycles. The van der Waals surface area contributed by atoms with Crippen LogP contribution in [0.5, 0.6) is 0 Å². The number of aromatic amines is 1. The Kier molecular flexibility index (Phi) is 4.68. The lowest BCUT2D eigenvalue weighted by molar-refractivity contribution is -0.134. The van der Waals surface area contributed by atoms with Crippen molar-refractivity contribution in [2.24, 2.45) is 0 Å². The van der Waals surface area contributed by atoms with Gasteiger partial charge in [0.05, 0.1) is 12.1 Å². The lowest BCUT2D eigenvalue weighted by Gasteiger charge is -2.07. The molecular weight excluding hydrogens is 235 g/mol. The number of H-pyrrole nitrogens is 1. The Morgan fingerprint density at radius 1 is 1.47 bits per heavy atom. The maximum absolute atomic E-state index is 12.0. The Bertz CT molecular complexity index is 414. The zero-order valence-corrected chi connectivity index (χ0v) is 9.40. The third-order valence-corrected chi connectivity index (χ3v) is 2.05. The van der Waals surface area contributed by atoms with Crippen LogP contribution in [0.15, 0.2) is 10.9 Å². The highest BCUT2D eigenvalue weighted by Crippen LogP contribution is 2.20. The number of aryl methyl sites for hydroxylation is 1. The summed E-state index contributed by atoms with van der Waals surface area (Å²) in [4.78, 5) is 17.5. The van der Waals surface area contributed by atoms with Gasteiger partial charge in [-0.1, -0.05) is 6.92 Å². The molecule has 1 aromatic rings. The summed E-state index contributed by atoms with van der Waals surface area (Å²) < 4.78 is 36.0. The minimum absolute atomic E-state index is 0.0720. The minimum Gasteiger partial charge on any atom is -0.311 e. The molecule has 1 aromatic heterocycles. The largest absolute Gasteiger partial charge is 0.389 e. The Morgan fingerprint density at radius 3 is 2.76 bits per heavy atom. The van der Waals surface area contributed by atoms with Gasteiger partial charge in [0.15, 0.2) is 0 Å². The van der Waals surface area contributed by atoms with E-state index >= 15 is 0 Å². The molecule has 0 unspecified atom stereocenters. The van der Waals surface area contributed by atoms with Gasteiger partial charge in [-0.3, -0.25) is 4.79 Å². The molecule has 0 spiro atoms. The Labute approximate surface area is 96.3 Å². The van der Waals surface area contributed by atoms with Gasteiger partial charge in [0.25, 0.3) is 5.56 Å². The first-order valence-electron chi connectivity index (χ1n) is 5.27. The minimum atomic E-state index is -4.24. The fourth-order valence-corrected chi connectivity index (χ4v) is 1.29. The van der Waals surface area contributed by atoms with Gasteiger partial charge in [-0.15, -0.1) is 0 Å². The number of hydrogen-bond donors (Lipinski definition) is 2. The summed E-state index contributed by atoms with van der Waals surface area (Å²) in [5.41, 5.74) is 0.0258. The summed E-state index contributed by atoms with van der Waals surface area (Å²) in [6, 6.07) is 1.28. The molecule has 17 heavy (non-hydrogen) atoms. The number of halogens is 3. The average Bonchev–Trinajstić information content (AvgIpc) is 2.22. The highest BCUT2D eigenvalue weighted by atomic mass is 19.4. The van der Waals surface area contributed by atoms with Crippen LogP contribution in [0.1, 0.15) is 24.9 Å². The van der Waals surface area contributed by atoms with Crippen molar-refractivity contribution in [2.45, 2.75) is 32.5 Å². The zero-order chi connectivity index (χ0) is 12.9. The second kappa shape index (κ2) is 5.81. The molecule has 0 fully saturated rings. The van der Waals surface area contributed by atoms with Crippen LogP contribution >= 0.6 is 0 Å². The highest BCUT2D eigenvalue weighted by Gasteiger charge is 2.27. The monoisotopic (exact) mass is 249 g/mol. The first-order valence-corrected chi connectivity index (χ1v) is 5.27. The standard InChI is InChI=1S/C10H14F3N3O/c1-2-14-6-7-5-9(17)16-8(15-7)3-4-10(11,12)13/h5,14H,2-4,6H2,1H3,(H,15,16,17). The van der Waals surface area contributed by atoms with Crippen LogP contribution in [0, 0.1) is 0 Å². The van der Waals surface area contributed by atoms with Crippen molar-refractivity contribution >= 4 is 0 Å². The van der Waals surface area contributed by atoms with Gasteiger partial charge < -0.3 is 10.3 Å². The zero-order valence-electron chi connectivity index (χ0n) is 9.40. The van der Waals surface area contributed by atoms with Crippen molar-refractivity contribution in [1.29, 1.82) is 0 Å². The predicted molar refractivity (Wildman–Crippen MR) is 56.6 cm³/mol. The third kappa shape index (κ3) is 5.48. The Morgan fingerprint density at radius 2 is 2.18 bits per heavy atom. The molecule has 0 aliphatic heterocycles. The highest BCUT2D eigenvalue weighted by molar-refractivity contribution is 5.02. The first kappa shape index (κ1) is 13.7. The summed E-state index contributed by atoms with van der Waals surface area (Å²) in [5, 5.41) is 2.95. The molecule has 0 saturated carbocycles. The molecule has 1 heterocycles. The van der Waals surface area contributed by atoms with Gasteiger partial charge in [0.2, 0.25) is 0 Å². The maximum Gasteiger partial charge on any atom is 0.389 e. The predicted octanol–water partition coefficient (Wildman–Crippen LogP) is 1.37. The third-order valence-electron chi connectivity index (χ3n) is 2.05. The Hall–Kier alpha value is -1.37. The number of alkyl halides is 3. The van der Waals surface area contributed by atoms with E-state index in [4.69, 9.17) is 0 Å². The van der Waals surface area contributed by atoms with Crippen molar-refractivity contribution < 1.29 is 13.2 Å². The van der Waals surface area contributed by atoms with Crippen molar-refractivity contribution in [3.8, 4) is 0 Å². The maximum atomic E-state index is 12.0. The van der Waals surface area contributed by atoms with E-state index in [1.165, 1.54) is 6.07 Å². The van der Waals surface area contributed by atoms with E-state index in [-0.39, 0.29) is 12.2 Å². The average molecular weight is 249 g/mol. The van der Waals surface area contributed by atoms with Crippen molar-refractivity contribution in [3.63, 3.8) is 0 Å². The first-order chi connectivity index (χ1) is 7.90. The molecule has 0 amide bonds. The summed E-state index contributed by atoms with van der Waals surface area (Å²) in [6.07, 6.45) is -5.53. The van der Waals surface area contributed by atoms with Crippen LogP contribution in [0.4, 0.5) is 13.2 Å². The van der Waals surface area contributed by atoms with Gasteiger partial charge in [0.1, 0.15) is 5.82 Å². The molecule has 0 atom stereocenters. The van der Waals surface area contributed by atoms with E-state index in [0.717, 1.165) is 0 Å². The number of aromatic nitrogens is 2. The summed E-state index contributed by atoms with van der Waals surface area (Å²) in [6.45, 7) is 2.96. The van der Waals surface area contributed by atoms with Crippen LogP contribution in [-0.4, -0.2) is 22.7 Å². The van der Waals surface area contributed by atoms with Crippen LogP contribution in [0.25, 0.3) is 0 Å². The summed E-state index contributed by atoms with van der Waals surface area (Å²) in [5.74, 6) is 0.0720. The molecule has 1 rings (SSSR count). The van der Waals surface area contributed by atoms with E-state index in [1.54, 1.807) is 0 Å². The van der Waals surface area contributed by atoms with E-state index < -0.39 is 18.2 Å². The van der Waals surface area contributed by atoms with E-state index in [9.17, 15) is 18.0 Å². The molecular formula is C10H14F3N3O. The fraction of sp³-hybridized carbons (Fsp3) is 0.600. The van der Waals surface area contributed by atoms with Crippen LogP contribution in [0.3, 0.4) is 0 Å². The molecule has 0 radical (unpaired) electrons. The van der Waals surface area contributed by atoms with Crippen LogP contribution in [-0.2, 0) is 13.0 Å². The number of rotatable bonds is 5. The Balaban J connectivity index is 2.72. The molecule has 7 heteroatoms. The van der Waals surface area contributed by atoms with Crippen LogP contribution < -0.4 is 10.9 Å². The lowest BCUT2D eigenvalue weighted by Crippen LogP contribution is -2.19. The fourth-order valence-electron chi connectivity index (χ4n) is 1.29. The van der Waals surface area contributed by atoms with Crippen molar-refractivity contribution in [2.75, 3.05) is 6.54 Å². The van der Waals surface area contributed by atoms with E-state index in [0.29, 0.717) is 18.8 Å². The van der Waals surface area contributed by atoms with E-state index in [2.05, 4.69) is 15.3 Å². The number of nitrogens with zero attached hydrogens (tertiary/aromatic N) is 1. The quantitative estimate of drug-likeness (QED) is 0.828. The van der Waals surface area contributed by atoms with Crippen molar-refractivity contribution in [1.82, 2.24) is 15.3 Å².